The van der Waals surface area contributed by atoms with Crippen molar-refractivity contribution in [2.75, 3.05) is 26.8 Å². The van der Waals surface area contributed by atoms with Gasteiger partial charge in [0.25, 0.3) is 0 Å². The number of hydrogen-bond acceptors (Lipinski definition) is 3. The zero-order valence-corrected chi connectivity index (χ0v) is 10.2. The van der Waals surface area contributed by atoms with E-state index in [-0.39, 0.29) is 11.3 Å². The Morgan fingerprint density at radius 1 is 1.50 bits per heavy atom. The van der Waals surface area contributed by atoms with Gasteiger partial charge in [0, 0.05) is 33.2 Å². The summed E-state index contributed by atoms with van der Waals surface area (Å²) in [5, 5.41) is 8.98. The highest BCUT2D eigenvalue weighted by molar-refractivity contribution is 5.76. The molecule has 0 aromatic carbocycles. The van der Waals surface area contributed by atoms with Crippen molar-refractivity contribution in [3.63, 3.8) is 0 Å². The molecule has 0 aromatic rings. The molecule has 0 spiro atoms. The Kier molecular flexibility index (Phi) is 4.75. The highest BCUT2D eigenvalue weighted by Crippen LogP contribution is 2.29. The number of hydrogen-bond donors (Lipinski definition) is 0. The van der Waals surface area contributed by atoms with Gasteiger partial charge in [-0.3, -0.25) is 4.79 Å². The third kappa shape index (κ3) is 3.49. The number of amides is 1. The predicted molar refractivity (Wildman–Crippen MR) is 60.6 cm³/mol. The van der Waals surface area contributed by atoms with Gasteiger partial charge in [-0.25, -0.2) is 0 Å². The highest BCUT2D eigenvalue weighted by Gasteiger charge is 2.31. The summed E-state index contributed by atoms with van der Waals surface area (Å²) in [5.74, 6) is 0.192. The van der Waals surface area contributed by atoms with Crippen molar-refractivity contribution in [1.82, 2.24) is 4.90 Å². The third-order valence-corrected chi connectivity index (χ3v) is 3.23. The molecule has 1 aliphatic rings. The summed E-state index contributed by atoms with van der Waals surface area (Å²) in [7, 11) is 1.64. The first-order chi connectivity index (χ1) is 7.61. The van der Waals surface area contributed by atoms with Gasteiger partial charge in [0.1, 0.15) is 0 Å². The van der Waals surface area contributed by atoms with Crippen LogP contribution < -0.4 is 0 Å². The Balaban J connectivity index is 2.31. The van der Waals surface area contributed by atoms with E-state index in [2.05, 4.69) is 6.07 Å². The van der Waals surface area contributed by atoms with Crippen molar-refractivity contribution in [2.45, 2.75) is 32.6 Å². The van der Waals surface area contributed by atoms with Gasteiger partial charge in [-0.1, -0.05) is 0 Å². The number of nitriles is 1. The summed E-state index contributed by atoms with van der Waals surface area (Å²) in [5.41, 5.74) is -0.233. The fourth-order valence-electron chi connectivity index (χ4n) is 1.89. The van der Waals surface area contributed by atoms with Crippen LogP contribution in [0.15, 0.2) is 0 Å². The van der Waals surface area contributed by atoms with Gasteiger partial charge in [0.2, 0.25) is 5.91 Å². The Labute approximate surface area is 97.2 Å². The lowest BCUT2D eigenvalue weighted by Crippen LogP contribution is -2.41. The van der Waals surface area contributed by atoms with Gasteiger partial charge in [-0.05, 0) is 26.2 Å². The lowest BCUT2D eigenvalue weighted by atomic mass is 9.82. The minimum Gasteiger partial charge on any atom is -0.385 e. The summed E-state index contributed by atoms with van der Waals surface area (Å²) < 4.78 is 4.92. The van der Waals surface area contributed by atoms with Crippen LogP contribution in [0.25, 0.3) is 0 Å². The summed E-state index contributed by atoms with van der Waals surface area (Å²) >= 11 is 0. The van der Waals surface area contributed by atoms with Crippen molar-refractivity contribution in [3.8, 4) is 6.07 Å². The molecule has 0 N–H and O–H groups in total. The van der Waals surface area contributed by atoms with Crippen molar-refractivity contribution in [1.29, 1.82) is 5.26 Å². The van der Waals surface area contributed by atoms with Gasteiger partial charge >= 0.3 is 0 Å². The molecule has 4 nitrogen and oxygen atoms in total. The Morgan fingerprint density at radius 2 is 2.12 bits per heavy atom. The number of ether oxygens (including phenoxy) is 1. The van der Waals surface area contributed by atoms with Crippen molar-refractivity contribution < 1.29 is 9.53 Å². The maximum atomic E-state index is 11.8. The average Bonchev–Trinajstić information content (AvgIpc) is 2.30. The van der Waals surface area contributed by atoms with Crippen LogP contribution in [0.1, 0.15) is 32.6 Å². The summed E-state index contributed by atoms with van der Waals surface area (Å²) in [6.45, 7) is 4.04. The third-order valence-electron chi connectivity index (χ3n) is 3.23. The van der Waals surface area contributed by atoms with E-state index in [1.165, 1.54) is 0 Å². The molecule has 1 fully saturated rings. The first kappa shape index (κ1) is 13.0. The molecule has 0 unspecified atom stereocenters. The van der Waals surface area contributed by atoms with E-state index in [9.17, 15) is 4.79 Å². The number of carbonyl (C=O) groups is 1. The van der Waals surface area contributed by atoms with Gasteiger partial charge in [0.05, 0.1) is 11.5 Å². The predicted octanol–water partition coefficient (Wildman–Crippen LogP) is 1.57. The van der Waals surface area contributed by atoms with Crippen LogP contribution in [0.5, 0.6) is 0 Å². The molecular formula is C12H20N2O2. The lowest BCUT2D eigenvalue weighted by molar-refractivity contribution is -0.133. The highest BCUT2D eigenvalue weighted by atomic mass is 16.5. The van der Waals surface area contributed by atoms with Crippen molar-refractivity contribution in [2.24, 2.45) is 5.41 Å². The Bertz CT molecular complexity index is 275. The zero-order valence-electron chi connectivity index (χ0n) is 10.2. The normalized spacial score (nSPS) is 19.2. The molecule has 1 saturated heterocycles. The SMILES string of the molecule is COCCCC(=O)N1CCC(C)(C#N)CC1. The second kappa shape index (κ2) is 5.86. The molecule has 0 atom stereocenters. The first-order valence-electron chi connectivity index (χ1n) is 5.79. The average molecular weight is 224 g/mol. The van der Waals surface area contributed by atoms with Crippen molar-refractivity contribution in [3.05, 3.63) is 0 Å². The topological polar surface area (TPSA) is 53.3 Å². The second-order valence-corrected chi connectivity index (χ2v) is 4.65. The van der Waals surface area contributed by atoms with Crippen LogP contribution in [0.2, 0.25) is 0 Å². The molecule has 0 aromatic heterocycles. The molecule has 0 bridgehead atoms. The second-order valence-electron chi connectivity index (χ2n) is 4.65. The minimum atomic E-state index is -0.233. The number of methoxy groups -OCH3 is 1. The van der Waals surface area contributed by atoms with Crippen LogP contribution in [0, 0.1) is 16.7 Å². The van der Waals surface area contributed by atoms with Crippen LogP contribution >= 0.6 is 0 Å². The number of likely N-dealkylation sites (tertiary alicyclic amines) is 1. The molecule has 0 aliphatic carbocycles. The largest absolute Gasteiger partial charge is 0.385 e. The number of carbonyl (C=O) groups excluding carboxylic acids is 1. The molecule has 90 valence electrons. The lowest BCUT2D eigenvalue weighted by Gasteiger charge is -2.35. The molecule has 16 heavy (non-hydrogen) atoms. The van der Waals surface area contributed by atoms with Crippen LogP contribution in [0.4, 0.5) is 0 Å². The quantitative estimate of drug-likeness (QED) is 0.681. The van der Waals surface area contributed by atoms with E-state index in [0.717, 1.165) is 32.4 Å². The molecule has 0 radical (unpaired) electrons. The van der Waals surface area contributed by atoms with Crippen LogP contribution in [-0.2, 0) is 9.53 Å². The monoisotopic (exact) mass is 224 g/mol. The van der Waals surface area contributed by atoms with E-state index in [4.69, 9.17) is 10.00 Å². The molecule has 1 heterocycles. The zero-order chi connectivity index (χ0) is 12.0. The fraction of sp³-hybridized carbons (Fsp3) is 0.833. The smallest absolute Gasteiger partial charge is 0.222 e. The summed E-state index contributed by atoms with van der Waals surface area (Å²) in [6.07, 6.45) is 2.91. The number of nitrogens with zero attached hydrogens (tertiary/aromatic N) is 2. The standard InChI is InChI=1S/C12H20N2O2/c1-12(10-13)5-7-14(8-6-12)11(15)4-3-9-16-2/h3-9H2,1-2H3. The minimum absolute atomic E-state index is 0.192. The van der Waals surface area contributed by atoms with Crippen molar-refractivity contribution >= 4 is 5.91 Å². The molecule has 4 heteroatoms. The summed E-state index contributed by atoms with van der Waals surface area (Å²) in [4.78, 5) is 13.6. The van der Waals surface area contributed by atoms with Crippen LogP contribution in [0.3, 0.4) is 0 Å². The summed E-state index contributed by atoms with van der Waals surface area (Å²) in [6, 6.07) is 2.33. The fourth-order valence-corrected chi connectivity index (χ4v) is 1.89. The molecule has 1 aliphatic heterocycles. The Hall–Kier alpha value is -1.08. The number of piperidine rings is 1. The van der Waals surface area contributed by atoms with Gasteiger partial charge in [0.15, 0.2) is 0 Å². The molecule has 0 saturated carbocycles. The van der Waals surface area contributed by atoms with E-state index in [0.29, 0.717) is 13.0 Å². The maximum Gasteiger partial charge on any atom is 0.222 e. The van der Waals surface area contributed by atoms with E-state index < -0.39 is 0 Å². The first-order valence-corrected chi connectivity index (χ1v) is 5.79. The Morgan fingerprint density at radius 3 is 2.62 bits per heavy atom. The van der Waals surface area contributed by atoms with Gasteiger partial charge in [-0.2, -0.15) is 5.26 Å². The van der Waals surface area contributed by atoms with E-state index >= 15 is 0 Å². The molecular weight excluding hydrogens is 204 g/mol. The van der Waals surface area contributed by atoms with Gasteiger partial charge in [-0.15, -0.1) is 0 Å². The maximum absolute atomic E-state index is 11.8. The molecule has 1 amide bonds. The van der Waals surface area contributed by atoms with E-state index in [1.807, 2.05) is 11.8 Å². The van der Waals surface area contributed by atoms with Gasteiger partial charge < -0.3 is 9.64 Å². The van der Waals surface area contributed by atoms with E-state index in [1.54, 1.807) is 7.11 Å². The van der Waals surface area contributed by atoms with Crippen LogP contribution in [-0.4, -0.2) is 37.6 Å². The number of rotatable bonds is 4. The molecule has 1 rings (SSSR count).